The third-order valence-electron chi connectivity index (χ3n) is 1.21. The Morgan fingerprint density at radius 3 is 2.64 bits per heavy atom. The van der Waals surface area contributed by atoms with E-state index in [0.29, 0.717) is 10.8 Å². The second-order valence-electron chi connectivity index (χ2n) is 1.87. The molecular formula is C7H6Cl2OS. The maximum Gasteiger partial charge on any atom is 0.137 e. The molecule has 0 atom stereocenters. The molecule has 0 saturated heterocycles. The molecule has 0 aromatic heterocycles. The molecule has 0 aliphatic heterocycles. The van der Waals surface area contributed by atoms with Gasteiger partial charge in [0, 0.05) is 4.90 Å². The molecule has 1 aromatic carbocycles. The van der Waals surface area contributed by atoms with Gasteiger partial charge in [-0.05, 0) is 39.9 Å². The van der Waals surface area contributed by atoms with Crippen molar-refractivity contribution in [3.05, 3.63) is 23.2 Å². The molecule has 1 nitrogen and oxygen atoms in total. The second-order valence-corrected chi connectivity index (χ2v) is 3.37. The minimum Gasteiger partial charge on any atom is -0.495 e. The summed E-state index contributed by atoms with van der Waals surface area (Å²) >= 11 is 5.81. The van der Waals surface area contributed by atoms with Crippen molar-refractivity contribution in [1.29, 1.82) is 0 Å². The highest BCUT2D eigenvalue weighted by atomic mass is 35.7. The van der Waals surface area contributed by atoms with Gasteiger partial charge in [0.1, 0.15) is 5.75 Å². The lowest BCUT2D eigenvalue weighted by molar-refractivity contribution is 0.414. The standard InChI is InChI=1S/C7H6Cl2OS/c1-10-7-3-2-5(11-9)4-6(7)8/h2-4H,1H3. The molecule has 0 aliphatic carbocycles. The first-order valence-corrected chi connectivity index (χ1v) is 4.92. The smallest absolute Gasteiger partial charge is 0.137 e. The average Bonchev–Trinajstić information content (AvgIpc) is 2.04. The summed E-state index contributed by atoms with van der Waals surface area (Å²) in [6, 6.07) is 5.40. The van der Waals surface area contributed by atoms with Crippen molar-refractivity contribution in [2.75, 3.05) is 7.11 Å². The van der Waals surface area contributed by atoms with Crippen LogP contribution in [0.2, 0.25) is 5.02 Å². The van der Waals surface area contributed by atoms with Crippen molar-refractivity contribution in [3.8, 4) is 5.75 Å². The molecule has 1 aromatic rings. The van der Waals surface area contributed by atoms with Gasteiger partial charge in [-0.3, -0.25) is 0 Å². The quantitative estimate of drug-likeness (QED) is 0.735. The van der Waals surface area contributed by atoms with Crippen LogP contribution in [0.5, 0.6) is 5.75 Å². The molecule has 0 N–H and O–H groups in total. The second kappa shape index (κ2) is 4.10. The number of hydrogen-bond donors (Lipinski definition) is 0. The van der Waals surface area contributed by atoms with E-state index in [1.165, 1.54) is 0 Å². The van der Waals surface area contributed by atoms with Crippen LogP contribution in [0.4, 0.5) is 0 Å². The van der Waals surface area contributed by atoms with Crippen molar-refractivity contribution >= 4 is 33.3 Å². The molecule has 0 amide bonds. The summed E-state index contributed by atoms with van der Waals surface area (Å²) in [7, 11) is 8.22. The van der Waals surface area contributed by atoms with Gasteiger partial charge >= 0.3 is 0 Å². The van der Waals surface area contributed by atoms with Crippen LogP contribution in [0.25, 0.3) is 0 Å². The Labute approximate surface area is 79.1 Å². The van der Waals surface area contributed by atoms with Crippen molar-refractivity contribution in [2.24, 2.45) is 0 Å². The van der Waals surface area contributed by atoms with E-state index in [0.717, 1.165) is 15.9 Å². The van der Waals surface area contributed by atoms with Crippen LogP contribution in [0.1, 0.15) is 0 Å². The first-order valence-electron chi connectivity index (χ1n) is 2.90. The lowest BCUT2D eigenvalue weighted by Gasteiger charge is -2.02. The Kier molecular flexibility index (Phi) is 3.37. The van der Waals surface area contributed by atoms with Crippen molar-refractivity contribution < 1.29 is 4.74 Å². The van der Waals surface area contributed by atoms with Gasteiger partial charge in [0.2, 0.25) is 0 Å². The predicted octanol–water partition coefficient (Wildman–Crippen LogP) is 3.59. The SMILES string of the molecule is COc1ccc(SCl)cc1Cl. The number of ether oxygens (including phenoxy) is 1. The van der Waals surface area contributed by atoms with Crippen molar-refractivity contribution in [2.45, 2.75) is 4.90 Å². The highest BCUT2D eigenvalue weighted by molar-refractivity contribution is 8.21. The summed E-state index contributed by atoms with van der Waals surface area (Å²) in [5, 5.41) is 0.582. The number of rotatable bonds is 2. The average molecular weight is 209 g/mol. The van der Waals surface area contributed by atoms with E-state index in [-0.39, 0.29) is 0 Å². The largest absolute Gasteiger partial charge is 0.495 e. The molecule has 4 heteroatoms. The van der Waals surface area contributed by atoms with Crippen LogP contribution in [0.15, 0.2) is 23.1 Å². The fourth-order valence-electron chi connectivity index (χ4n) is 0.695. The molecule has 60 valence electrons. The van der Waals surface area contributed by atoms with E-state index in [2.05, 4.69) is 0 Å². The van der Waals surface area contributed by atoms with Gasteiger partial charge in [0.05, 0.1) is 12.1 Å². The predicted molar refractivity (Wildman–Crippen MR) is 49.7 cm³/mol. The molecule has 1 rings (SSSR count). The third kappa shape index (κ3) is 2.19. The number of benzene rings is 1. The Balaban J connectivity index is 2.99. The van der Waals surface area contributed by atoms with Crippen LogP contribution >= 0.6 is 33.3 Å². The Morgan fingerprint density at radius 2 is 2.18 bits per heavy atom. The van der Waals surface area contributed by atoms with Crippen LogP contribution < -0.4 is 4.74 Å². The monoisotopic (exact) mass is 208 g/mol. The maximum atomic E-state index is 5.81. The number of methoxy groups -OCH3 is 1. The van der Waals surface area contributed by atoms with Crippen LogP contribution in [0.3, 0.4) is 0 Å². The van der Waals surface area contributed by atoms with E-state index in [1.54, 1.807) is 19.2 Å². The van der Waals surface area contributed by atoms with E-state index >= 15 is 0 Å². The lowest BCUT2D eigenvalue weighted by Crippen LogP contribution is -1.82. The van der Waals surface area contributed by atoms with Crippen LogP contribution in [-0.2, 0) is 0 Å². The van der Waals surface area contributed by atoms with E-state index < -0.39 is 0 Å². The Hall–Kier alpha value is -0.0500. The molecular weight excluding hydrogens is 203 g/mol. The minimum absolute atomic E-state index is 0.582. The number of halogens is 2. The van der Waals surface area contributed by atoms with E-state index in [4.69, 9.17) is 27.0 Å². The summed E-state index contributed by atoms with van der Waals surface area (Å²) in [6.07, 6.45) is 0. The third-order valence-corrected chi connectivity index (χ3v) is 2.47. The highest BCUT2D eigenvalue weighted by Gasteiger charge is 2.00. The van der Waals surface area contributed by atoms with E-state index in [9.17, 15) is 0 Å². The van der Waals surface area contributed by atoms with Gasteiger partial charge < -0.3 is 4.74 Å². The number of hydrogen-bond acceptors (Lipinski definition) is 2. The molecule has 0 aliphatic rings. The first kappa shape index (κ1) is 9.04. The molecule has 0 fully saturated rings. The van der Waals surface area contributed by atoms with Gasteiger partial charge in [-0.15, -0.1) is 0 Å². The summed E-state index contributed by atoms with van der Waals surface area (Å²) < 4.78 is 4.96. The minimum atomic E-state index is 0.582. The molecule has 0 radical (unpaired) electrons. The zero-order chi connectivity index (χ0) is 8.27. The molecule has 0 saturated carbocycles. The molecule has 0 bridgehead atoms. The molecule has 0 unspecified atom stereocenters. The molecule has 0 spiro atoms. The van der Waals surface area contributed by atoms with Gasteiger partial charge in [0.25, 0.3) is 0 Å². The van der Waals surface area contributed by atoms with Gasteiger partial charge in [-0.1, -0.05) is 11.6 Å². The highest BCUT2D eigenvalue weighted by Crippen LogP contribution is 2.30. The zero-order valence-corrected chi connectivity index (χ0v) is 8.13. The van der Waals surface area contributed by atoms with Crippen molar-refractivity contribution in [3.63, 3.8) is 0 Å². The Morgan fingerprint density at radius 1 is 1.45 bits per heavy atom. The molecule has 11 heavy (non-hydrogen) atoms. The lowest BCUT2D eigenvalue weighted by atomic mass is 10.3. The molecule has 0 heterocycles. The van der Waals surface area contributed by atoms with Crippen molar-refractivity contribution in [1.82, 2.24) is 0 Å². The summed E-state index contributed by atoms with van der Waals surface area (Å²) in [5.74, 6) is 0.668. The fourth-order valence-corrected chi connectivity index (χ4v) is 1.59. The summed E-state index contributed by atoms with van der Waals surface area (Å²) in [5.41, 5.74) is 0. The topological polar surface area (TPSA) is 9.23 Å². The summed E-state index contributed by atoms with van der Waals surface area (Å²) in [4.78, 5) is 0.914. The maximum absolute atomic E-state index is 5.81. The first-order chi connectivity index (χ1) is 5.27. The van der Waals surface area contributed by atoms with Gasteiger partial charge in [0.15, 0.2) is 0 Å². The summed E-state index contributed by atoms with van der Waals surface area (Å²) in [6.45, 7) is 0. The zero-order valence-electron chi connectivity index (χ0n) is 5.80. The Bertz CT molecular complexity index is 252. The van der Waals surface area contributed by atoms with Gasteiger partial charge in [-0.25, -0.2) is 0 Å². The fraction of sp³-hybridized carbons (Fsp3) is 0.143. The normalized spacial score (nSPS) is 9.73. The van der Waals surface area contributed by atoms with Crippen LogP contribution in [0, 0.1) is 0 Å². The van der Waals surface area contributed by atoms with E-state index in [1.807, 2.05) is 6.07 Å². The van der Waals surface area contributed by atoms with Gasteiger partial charge in [-0.2, -0.15) is 0 Å². The van der Waals surface area contributed by atoms with Crippen LogP contribution in [-0.4, -0.2) is 7.11 Å².